The minimum atomic E-state index is -0.825. The normalized spacial score (nSPS) is 11.0. The van der Waals surface area contributed by atoms with Crippen molar-refractivity contribution in [3.63, 3.8) is 0 Å². The molecular weight excluding hydrogens is 330 g/mol. The maximum atomic E-state index is 11.5. The van der Waals surface area contributed by atoms with Gasteiger partial charge in [-0.05, 0) is 30.2 Å². The number of carbonyl (C=O) groups is 2. The maximum Gasteiger partial charge on any atom is 0.329 e. The van der Waals surface area contributed by atoms with Gasteiger partial charge >= 0.3 is 11.8 Å². The molecular formula is C17H18ClN3O3. The van der Waals surface area contributed by atoms with E-state index in [9.17, 15) is 9.59 Å². The van der Waals surface area contributed by atoms with E-state index in [1.54, 1.807) is 24.3 Å². The van der Waals surface area contributed by atoms with Gasteiger partial charge in [0, 0.05) is 17.1 Å². The van der Waals surface area contributed by atoms with Crippen LogP contribution < -0.4 is 10.7 Å². The number of furan rings is 1. The molecule has 2 amide bonds. The van der Waals surface area contributed by atoms with Crippen LogP contribution in [0.4, 0.5) is 0 Å². The molecule has 2 N–H and O–H groups in total. The first-order valence-electron chi connectivity index (χ1n) is 7.42. The third-order valence-electron chi connectivity index (χ3n) is 2.97. The second kappa shape index (κ2) is 8.31. The summed E-state index contributed by atoms with van der Waals surface area (Å²) in [6.07, 6.45) is 1.32. The number of amides is 2. The Morgan fingerprint density at radius 2 is 2.04 bits per heavy atom. The first-order valence-corrected chi connectivity index (χ1v) is 7.80. The number of nitrogens with zero attached hydrogens (tertiary/aromatic N) is 1. The quantitative estimate of drug-likeness (QED) is 0.495. The summed E-state index contributed by atoms with van der Waals surface area (Å²) in [7, 11) is 0. The largest absolute Gasteiger partial charge is 0.455 e. The van der Waals surface area contributed by atoms with Crippen LogP contribution in [0, 0.1) is 5.92 Å². The van der Waals surface area contributed by atoms with Crippen molar-refractivity contribution >= 4 is 29.6 Å². The van der Waals surface area contributed by atoms with Gasteiger partial charge in [0.15, 0.2) is 0 Å². The number of hydrazone groups is 1. The van der Waals surface area contributed by atoms with Gasteiger partial charge in [0.1, 0.15) is 11.5 Å². The Morgan fingerprint density at radius 1 is 1.25 bits per heavy atom. The van der Waals surface area contributed by atoms with Gasteiger partial charge in [-0.2, -0.15) is 5.10 Å². The van der Waals surface area contributed by atoms with Crippen molar-refractivity contribution in [3.05, 3.63) is 47.2 Å². The number of hydrogen-bond donors (Lipinski definition) is 2. The van der Waals surface area contributed by atoms with Gasteiger partial charge in [0.05, 0.1) is 6.21 Å². The second-order valence-electron chi connectivity index (χ2n) is 5.52. The van der Waals surface area contributed by atoms with Crippen LogP contribution in [-0.4, -0.2) is 24.6 Å². The van der Waals surface area contributed by atoms with Gasteiger partial charge in [-0.1, -0.05) is 37.6 Å². The molecule has 7 heteroatoms. The molecule has 0 bridgehead atoms. The van der Waals surface area contributed by atoms with Crippen LogP contribution in [0.1, 0.15) is 19.6 Å². The van der Waals surface area contributed by atoms with E-state index in [1.165, 1.54) is 6.21 Å². The van der Waals surface area contributed by atoms with Crippen molar-refractivity contribution in [1.82, 2.24) is 10.7 Å². The van der Waals surface area contributed by atoms with E-state index in [2.05, 4.69) is 15.8 Å². The highest BCUT2D eigenvalue weighted by Crippen LogP contribution is 2.24. The van der Waals surface area contributed by atoms with E-state index in [1.807, 2.05) is 26.0 Å². The van der Waals surface area contributed by atoms with Crippen molar-refractivity contribution in [1.29, 1.82) is 0 Å². The molecule has 0 fully saturated rings. The summed E-state index contributed by atoms with van der Waals surface area (Å²) >= 11 is 5.94. The smallest absolute Gasteiger partial charge is 0.329 e. The van der Waals surface area contributed by atoms with Crippen LogP contribution in [0.3, 0.4) is 0 Å². The standard InChI is InChI=1S/C17H18ClN3O3/c1-11(2)9-19-16(22)17(23)21-20-10-14-6-7-15(24-14)12-4-3-5-13(18)8-12/h3-8,10-11H,9H2,1-2H3,(H,19,22)(H,21,23)/b20-10+. The van der Waals surface area contributed by atoms with Crippen LogP contribution in [-0.2, 0) is 9.59 Å². The molecule has 0 aliphatic heterocycles. The van der Waals surface area contributed by atoms with Crippen LogP contribution >= 0.6 is 11.6 Å². The highest BCUT2D eigenvalue weighted by Gasteiger charge is 2.12. The number of carbonyl (C=O) groups excluding carboxylic acids is 2. The zero-order valence-electron chi connectivity index (χ0n) is 13.4. The third kappa shape index (κ3) is 5.24. The minimum absolute atomic E-state index is 0.262. The van der Waals surface area contributed by atoms with Gasteiger partial charge in [0.25, 0.3) is 0 Å². The highest BCUT2D eigenvalue weighted by atomic mass is 35.5. The van der Waals surface area contributed by atoms with Gasteiger partial charge in [-0.25, -0.2) is 5.43 Å². The average Bonchev–Trinajstić information content (AvgIpc) is 3.01. The van der Waals surface area contributed by atoms with Crippen LogP contribution in [0.25, 0.3) is 11.3 Å². The third-order valence-corrected chi connectivity index (χ3v) is 3.21. The topological polar surface area (TPSA) is 83.7 Å². The minimum Gasteiger partial charge on any atom is -0.455 e. The fraction of sp³-hybridized carbons (Fsp3) is 0.235. The molecule has 126 valence electrons. The Balaban J connectivity index is 1.91. The van der Waals surface area contributed by atoms with Crippen molar-refractivity contribution in [2.24, 2.45) is 11.0 Å². The summed E-state index contributed by atoms with van der Waals surface area (Å²) in [4.78, 5) is 23.0. The second-order valence-corrected chi connectivity index (χ2v) is 5.95. The van der Waals surface area contributed by atoms with Crippen molar-refractivity contribution in [3.8, 4) is 11.3 Å². The predicted octanol–water partition coefficient (Wildman–Crippen LogP) is 2.82. The Hall–Kier alpha value is -2.60. The van der Waals surface area contributed by atoms with Gasteiger partial charge in [-0.15, -0.1) is 0 Å². The van der Waals surface area contributed by atoms with Crippen LogP contribution in [0.2, 0.25) is 5.02 Å². The Morgan fingerprint density at radius 3 is 2.75 bits per heavy atom. The Bertz CT molecular complexity index is 753. The SMILES string of the molecule is CC(C)CNC(=O)C(=O)N/N=C/c1ccc(-c2cccc(Cl)c2)o1. The number of nitrogens with one attached hydrogen (secondary N) is 2. The monoisotopic (exact) mass is 347 g/mol. The molecule has 24 heavy (non-hydrogen) atoms. The Kier molecular flexibility index (Phi) is 6.14. The van der Waals surface area contributed by atoms with E-state index in [4.69, 9.17) is 16.0 Å². The van der Waals surface area contributed by atoms with E-state index < -0.39 is 11.8 Å². The molecule has 0 aliphatic carbocycles. The molecule has 0 aliphatic rings. The molecule has 6 nitrogen and oxygen atoms in total. The number of benzene rings is 1. The van der Waals surface area contributed by atoms with E-state index in [0.29, 0.717) is 23.1 Å². The van der Waals surface area contributed by atoms with Crippen molar-refractivity contribution < 1.29 is 14.0 Å². The summed E-state index contributed by atoms with van der Waals surface area (Å²) in [5, 5.41) is 6.82. The molecule has 0 saturated heterocycles. The predicted molar refractivity (Wildman–Crippen MR) is 92.7 cm³/mol. The lowest BCUT2D eigenvalue weighted by molar-refractivity contribution is -0.139. The Labute approximate surface area is 144 Å². The summed E-state index contributed by atoms with van der Waals surface area (Å²) in [6.45, 7) is 4.30. The molecule has 1 aromatic carbocycles. The maximum absolute atomic E-state index is 11.5. The van der Waals surface area contributed by atoms with Gasteiger partial charge in [-0.3, -0.25) is 9.59 Å². The molecule has 0 spiro atoms. The number of rotatable bonds is 5. The van der Waals surface area contributed by atoms with E-state index >= 15 is 0 Å². The highest BCUT2D eigenvalue weighted by molar-refractivity contribution is 6.35. The molecule has 0 saturated carbocycles. The fourth-order valence-electron chi connectivity index (χ4n) is 1.80. The van der Waals surface area contributed by atoms with Crippen LogP contribution in [0.15, 0.2) is 45.9 Å². The van der Waals surface area contributed by atoms with Gasteiger partial charge in [0.2, 0.25) is 0 Å². The van der Waals surface area contributed by atoms with E-state index in [-0.39, 0.29) is 5.92 Å². The van der Waals surface area contributed by atoms with Crippen LogP contribution in [0.5, 0.6) is 0 Å². The van der Waals surface area contributed by atoms with Crippen molar-refractivity contribution in [2.75, 3.05) is 6.54 Å². The first kappa shape index (κ1) is 17.7. The summed E-state index contributed by atoms with van der Waals surface area (Å²) in [6, 6.07) is 10.7. The molecule has 0 unspecified atom stereocenters. The summed E-state index contributed by atoms with van der Waals surface area (Å²) in [5.74, 6) is -0.223. The lowest BCUT2D eigenvalue weighted by Crippen LogP contribution is -2.39. The summed E-state index contributed by atoms with van der Waals surface area (Å²) in [5.41, 5.74) is 2.98. The van der Waals surface area contributed by atoms with E-state index in [0.717, 1.165) is 5.56 Å². The summed E-state index contributed by atoms with van der Waals surface area (Å²) < 4.78 is 5.59. The number of hydrogen-bond acceptors (Lipinski definition) is 4. The molecule has 2 rings (SSSR count). The molecule has 1 aromatic heterocycles. The molecule has 1 heterocycles. The van der Waals surface area contributed by atoms with Crippen molar-refractivity contribution in [2.45, 2.75) is 13.8 Å². The lowest BCUT2D eigenvalue weighted by Gasteiger charge is -2.05. The average molecular weight is 348 g/mol. The fourth-order valence-corrected chi connectivity index (χ4v) is 1.99. The zero-order chi connectivity index (χ0) is 17.5. The number of halogens is 1. The van der Waals surface area contributed by atoms with Gasteiger partial charge < -0.3 is 9.73 Å². The molecule has 0 atom stereocenters. The molecule has 0 radical (unpaired) electrons. The molecule has 2 aromatic rings. The zero-order valence-corrected chi connectivity index (χ0v) is 14.1. The first-order chi connectivity index (χ1) is 11.5. The lowest BCUT2D eigenvalue weighted by atomic mass is 10.2.